The first kappa shape index (κ1) is 23.5. The van der Waals surface area contributed by atoms with E-state index in [2.05, 4.69) is 27.3 Å². The third-order valence-corrected chi connectivity index (χ3v) is 6.34. The smallest absolute Gasteiger partial charge is 0.252 e. The number of nitrogens with zero attached hydrogens (tertiary/aromatic N) is 3. The number of aryl methyl sites for hydroxylation is 2. The molecular weight excluding hydrogens is 424 g/mol. The molecule has 1 saturated heterocycles. The molecule has 0 saturated carbocycles. The largest absolute Gasteiger partial charge is 0.353 e. The van der Waals surface area contributed by atoms with Gasteiger partial charge in [-0.25, -0.2) is 4.98 Å². The van der Waals surface area contributed by atoms with Gasteiger partial charge in [-0.2, -0.15) is 0 Å². The summed E-state index contributed by atoms with van der Waals surface area (Å²) in [6.45, 7) is 5.50. The Bertz CT molecular complexity index is 1090. The fraction of sp³-hybridized carbons (Fsp3) is 0.321. The number of rotatable bonds is 8. The van der Waals surface area contributed by atoms with E-state index >= 15 is 0 Å². The van der Waals surface area contributed by atoms with Crippen LogP contribution >= 0.6 is 0 Å². The number of anilines is 1. The van der Waals surface area contributed by atoms with E-state index in [1.807, 2.05) is 66.4 Å². The molecule has 1 aromatic heterocycles. The van der Waals surface area contributed by atoms with Crippen molar-refractivity contribution in [3.63, 3.8) is 0 Å². The maximum Gasteiger partial charge on any atom is 0.252 e. The van der Waals surface area contributed by atoms with Gasteiger partial charge in [0, 0.05) is 38.9 Å². The number of hydrogen-bond acceptors (Lipinski definition) is 4. The van der Waals surface area contributed by atoms with Crippen LogP contribution in [0.5, 0.6) is 0 Å². The van der Waals surface area contributed by atoms with E-state index in [4.69, 9.17) is 0 Å². The minimum absolute atomic E-state index is 0.0984. The molecule has 0 aliphatic carbocycles. The molecule has 0 spiro atoms. The van der Waals surface area contributed by atoms with Gasteiger partial charge < -0.3 is 15.1 Å². The first-order chi connectivity index (χ1) is 16.6. The molecule has 0 radical (unpaired) electrons. The lowest BCUT2D eigenvalue weighted by molar-refractivity contribution is -0.130. The average Bonchev–Trinajstić information content (AvgIpc) is 2.88. The highest BCUT2D eigenvalue weighted by molar-refractivity contribution is 5.94. The van der Waals surface area contributed by atoms with Crippen molar-refractivity contribution in [2.24, 2.45) is 0 Å². The van der Waals surface area contributed by atoms with Gasteiger partial charge >= 0.3 is 0 Å². The molecule has 2 heterocycles. The summed E-state index contributed by atoms with van der Waals surface area (Å²) in [5.74, 6) is 0.909. The first-order valence-corrected chi connectivity index (χ1v) is 12.0. The van der Waals surface area contributed by atoms with Crippen LogP contribution in [0.15, 0.2) is 72.9 Å². The van der Waals surface area contributed by atoms with Gasteiger partial charge in [0.15, 0.2) is 0 Å². The van der Waals surface area contributed by atoms with Crippen molar-refractivity contribution >= 4 is 17.6 Å². The second-order valence-electron chi connectivity index (χ2n) is 8.72. The molecule has 6 heteroatoms. The summed E-state index contributed by atoms with van der Waals surface area (Å²) in [5.41, 5.74) is 4.08. The maximum atomic E-state index is 12.7. The predicted octanol–water partition coefficient (Wildman–Crippen LogP) is 3.64. The fourth-order valence-electron chi connectivity index (χ4n) is 4.22. The number of hydrogen-bond donors (Lipinski definition) is 1. The lowest BCUT2D eigenvalue weighted by atomic mass is 10.1. The van der Waals surface area contributed by atoms with Gasteiger partial charge in [0.25, 0.3) is 5.91 Å². The zero-order chi connectivity index (χ0) is 23.8. The third kappa shape index (κ3) is 6.22. The summed E-state index contributed by atoms with van der Waals surface area (Å²) in [4.78, 5) is 33.8. The van der Waals surface area contributed by atoms with Crippen molar-refractivity contribution in [1.29, 1.82) is 0 Å². The highest BCUT2D eigenvalue weighted by Gasteiger charge is 2.22. The molecular formula is C28H32N4O2. The van der Waals surface area contributed by atoms with Gasteiger partial charge in [-0.1, -0.05) is 54.6 Å². The van der Waals surface area contributed by atoms with E-state index in [-0.39, 0.29) is 11.8 Å². The number of nitrogens with one attached hydrogen (secondary N) is 1. The number of piperazine rings is 1. The van der Waals surface area contributed by atoms with E-state index in [0.717, 1.165) is 42.9 Å². The van der Waals surface area contributed by atoms with Gasteiger partial charge in [0.05, 0.1) is 12.0 Å². The van der Waals surface area contributed by atoms with Crippen LogP contribution < -0.4 is 10.2 Å². The van der Waals surface area contributed by atoms with Crippen molar-refractivity contribution in [3.05, 3.63) is 95.2 Å². The number of benzene rings is 2. The summed E-state index contributed by atoms with van der Waals surface area (Å²) in [6, 6.07) is 22.0. The topological polar surface area (TPSA) is 65.5 Å². The normalized spacial score (nSPS) is 13.6. The molecule has 34 heavy (non-hydrogen) atoms. The molecule has 1 aliphatic rings. The second kappa shape index (κ2) is 11.5. The molecule has 6 nitrogen and oxygen atoms in total. The predicted molar refractivity (Wildman–Crippen MR) is 135 cm³/mol. The number of amides is 2. The lowest BCUT2D eigenvalue weighted by Crippen LogP contribution is -2.49. The van der Waals surface area contributed by atoms with Crippen molar-refractivity contribution in [1.82, 2.24) is 15.2 Å². The van der Waals surface area contributed by atoms with Crippen molar-refractivity contribution in [2.45, 2.75) is 26.2 Å². The Hall–Kier alpha value is -3.67. The summed E-state index contributed by atoms with van der Waals surface area (Å²) in [7, 11) is 0. The van der Waals surface area contributed by atoms with Crippen LogP contribution in [-0.2, 0) is 17.6 Å². The van der Waals surface area contributed by atoms with Crippen LogP contribution in [0.3, 0.4) is 0 Å². The van der Waals surface area contributed by atoms with Crippen LogP contribution in [0.25, 0.3) is 0 Å². The standard InChI is InChI=1S/C28H32N4O2/c1-22-8-5-6-12-24(22)20-27(33)32-18-16-31(17-19-32)26-14-13-25(21-30-26)28(34)29-15-7-11-23-9-3-2-4-10-23/h2-6,8-10,12-14,21H,7,11,15-20H2,1H3,(H,29,34). The minimum Gasteiger partial charge on any atom is -0.353 e. The SMILES string of the molecule is Cc1ccccc1CC(=O)N1CCN(c2ccc(C(=O)NCCCc3ccccc3)cn2)CC1. The molecule has 3 aromatic rings. The van der Waals surface area contributed by atoms with Crippen molar-refractivity contribution in [2.75, 3.05) is 37.6 Å². The van der Waals surface area contributed by atoms with E-state index in [9.17, 15) is 9.59 Å². The summed E-state index contributed by atoms with van der Waals surface area (Å²) in [5, 5.41) is 2.97. The van der Waals surface area contributed by atoms with Gasteiger partial charge in [-0.15, -0.1) is 0 Å². The van der Waals surface area contributed by atoms with Crippen LogP contribution in [0.1, 0.15) is 33.5 Å². The third-order valence-electron chi connectivity index (χ3n) is 6.34. The van der Waals surface area contributed by atoms with Crippen LogP contribution in [0.4, 0.5) is 5.82 Å². The van der Waals surface area contributed by atoms with E-state index in [0.29, 0.717) is 31.6 Å². The molecule has 0 unspecified atom stereocenters. The zero-order valence-electron chi connectivity index (χ0n) is 19.7. The Kier molecular flexibility index (Phi) is 7.91. The number of pyridine rings is 1. The molecule has 176 valence electrons. The summed E-state index contributed by atoms with van der Waals surface area (Å²) in [6.07, 6.45) is 3.92. The van der Waals surface area contributed by atoms with Crippen molar-refractivity contribution in [3.8, 4) is 0 Å². The highest BCUT2D eigenvalue weighted by atomic mass is 16.2. The van der Waals surface area contributed by atoms with Gasteiger partial charge in [0.2, 0.25) is 5.91 Å². The Morgan fingerprint density at radius 2 is 1.65 bits per heavy atom. The quantitative estimate of drug-likeness (QED) is 0.526. The molecule has 1 N–H and O–H groups in total. The summed E-state index contributed by atoms with van der Waals surface area (Å²) < 4.78 is 0. The fourth-order valence-corrected chi connectivity index (χ4v) is 4.22. The molecule has 1 aliphatic heterocycles. The molecule has 1 fully saturated rings. The Balaban J connectivity index is 1.21. The van der Waals surface area contributed by atoms with Gasteiger partial charge in [0.1, 0.15) is 5.82 Å². The van der Waals surface area contributed by atoms with E-state index in [1.54, 1.807) is 6.20 Å². The maximum absolute atomic E-state index is 12.7. The average molecular weight is 457 g/mol. The molecule has 0 atom stereocenters. The van der Waals surface area contributed by atoms with Crippen LogP contribution in [-0.4, -0.2) is 54.4 Å². The Morgan fingerprint density at radius 3 is 2.35 bits per heavy atom. The van der Waals surface area contributed by atoms with Gasteiger partial charge in [-0.3, -0.25) is 9.59 Å². The van der Waals surface area contributed by atoms with E-state index < -0.39 is 0 Å². The molecule has 2 aromatic carbocycles. The first-order valence-electron chi connectivity index (χ1n) is 12.0. The zero-order valence-corrected chi connectivity index (χ0v) is 19.7. The monoisotopic (exact) mass is 456 g/mol. The number of carbonyl (C=O) groups excluding carboxylic acids is 2. The molecule has 4 rings (SSSR count). The molecule has 2 amide bonds. The lowest BCUT2D eigenvalue weighted by Gasteiger charge is -2.35. The minimum atomic E-state index is -0.0984. The van der Waals surface area contributed by atoms with Crippen LogP contribution in [0.2, 0.25) is 0 Å². The molecule has 0 bridgehead atoms. The Morgan fingerprint density at radius 1 is 0.912 bits per heavy atom. The second-order valence-corrected chi connectivity index (χ2v) is 8.72. The van der Waals surface area contributed by atoms with E-state index in [1.165, 1.54) is 5.56 Å². The number of aromatic nitrogens is 1. The van der Waals surface area contributed by atoms with Gasteiger partial charge in [-0.05, 0) is 48.6 Å². The highest BCUT2D eigenvalue weighted by Crippen LogP contribution is 2.16. The van der Waals surface area contributed by atoms with Crippen LogP contribution in [0, 0.1) is 6.92 Å². The van der Waals surface area contributed by atoms with Crippen molar-refractivity contribution < 1.29 is 9.59 Å². The Labute approximate surface area is 201 Å². The summed E-state index contributed by atoms with van der Waals surface area (Å²) >= 11 is 0. The number of carbonyl (C=O) groups is 2.